The van der Waals surface area contributed by atoms with Gasteiger partial charge in [0.1, 0.15) is 12.4 Å². The average molecular weight is 527 g/mol. The summed E-state index contributed by atoms with van der Waals surface area (Å²) in [5.41, 5.74) is 2.20. The predicted octanol–water partition coefficient (Wildman–Crippen LogP) is 2.56. The van der Waals surface area contributed by atoms with E-state index in [-0.39, 0.29) is 24.0 Å². The van der Waals surface area contributed by atoms with Crippen molar-refractivity contribution in [1.82, 2.24) is 20.5 Å². The number of ether oxygens (including phenoxy) is 2. The van der Waals surface area contributed by atoms with Crippen LogP contribution in [0.25, 0.3) is 0 Å². The Labute approximate surface area is 197 Å². The number of hydrogen-bond donors (Lipinski definition) is 2. The predicted molar refractivity (Wildman–Crippen MR) is 133 cm³/mol. The van der Waals surface area contributed by atoms with Gasteiger partial charge in [-0.15, -0.1) is 24.0 Å². The van der Waals surface area contributed by atoms with Crippen molar-refractivity contribution in [1.29, 1.82) is 0 Å². The van der Waals surface area contributed by atoms with Crippen LogP contribution in [0.2, 0.25) is 0 Å². The van der Waals surface area contributed by atoms with Crippen LogP contribution in [0, 0.1) is 0 Å². The van der Waals surface area contributed by atoms with E-state index in [1.807, 2.05) is 36.5 Å². The van der Waals surface area contributed by atoms with Crippen LogP contribution in [-0.2, 0) is 17.7 Å². The average Bonchev–Trinajstić information content (AvgIpc) is 2.75. The SMILES string of the molecule is CN=C(NCCc1ccccn1)NCc1cccc(OCCN(C)CCOC)c1.I. The first-order chi connectivity index (χ1) is 14.2. The number of guanidine groups is 1. The molecule has 2 N–H and O–H groups in total. The minimum absolute atomic E-state index is 0. The number of likely N-dealkylation sites (N-methyl/N-ethyl adjacent to an activating group) is 1. The Morgan fingerprint density at radius 1 is 1.10 bits per heavy atom. The molecule has 0 amide bonds. The molecule has 0 unspecified atom stereocenters. The van der Waals surface area contributed by atoms with E-state index in [9.17, 15) is 0 Å². The summed E-state index contributed by atoms with van der Waals surface area (Å²) in [4.78, 5) is 10.8. The molecule has 0 radical (unpaired) electrons. The van der Waals surface area contributed by atoms with Crippen LogP contribution in [-0.4, -0.2) is 69.9 Å². The molecule has 0 aliphatic carbocycles. The number of rotatable bonds is 12. The molecular weight excluding hydrogens is 493 g/mol. The van der Waals surface area contributed by atoms with Crippen LogP contribution >= 0.6 is 24.0 Å². The first kappa shape index (κ1) is 26.1. The zero-order chi connectivity index (χ0) is 20.7. The second-order valence-electron chi connectivity index (χ2n) is 6.72. The van der Waals surface area contributed by atoms with Gasteiger partial charge in [0, 0.05) is 58.6 Å². The molecule has 1 heterocycles. The smallest absolute Gasteiger partial charge is 0.191 e. The number of nitrogens with zero attached hydrogens (tertiary/aromatic N) is 3. The van der Waals surface area contributed by atoms with Gasteiger partial charge in [-0.3, -0.25) is 9.98 Å². The Kier molecular flexibility index (Phi) is 13.8. The molecular formula is C22H34IN5O2. The van der Waals surface area contributed by atoms with E-state index in [1.165, 1.54) is 0 Å². The van der Waals surface area contributed by atoms with Gasteiger partial charge in [0.25, 0.3) is 0 Å². The van der Waals surface area contributed by atoms with Gasteiger partial charge in [0.2, 0.25) is 0 Å². The molecule has 1 aromatic carbocycles. The van der Waals surface area contributed by atoms with Crippen LogP contribution in [0.3, 0.4) is 0 Å². The highest BCUT2D eigenvalue weighted by Crippen LogP contribution is 2.13. The third-order valence-corrected chi connectivity index (χ3v) is 4.40. The maximum Gasteiger partial charge on any atom is 0.191 e. The highest BCUT2D eigenvalue weighted by molar-refractivity contribution is 14.0. The zero-order valence-electron chi connectivity index (χ0n) is 18.1. The minimum atomic E-state index is 0. The molecule has 0 fully saturated rings. The van der Waals surface area contributed by atoms with E-state index in [0.717, 1.165) is 55.6 Å². The molecule has 0 bridgehead atoms. The Balaban J connectivity index is 0.00000450. The quantitative estimate of drug-likeness (QED) is 0.251. The van der Waals surface area contributed by atoms with Crippen LogP contribution in [0.1, 0.15) is 11.3 Å². The first-order valence-electron chi connectivity index (χ1n) is 9.95. The fourth-order valence-corrected chi connectivity index (χ4v) is 2.68. The largest absolute Gasteiger partial charge is 0.492 e. The summed E-state index contributed by atoms with van der Waals surface area (Å²) < 4.78 is 11.0. The topological polar surface area (TPSA) is 71.0 Å². The summed E-state index contributed by atoms with van der Waals surface area (Å²) in [6.45, 7) is 4.59. The third kappa shape index (κ3) is 10.7. The molecule has 0 saturated carbocycles. The molecule has 0 atom stereocenters. The Morgan fingerprint density at radius 3 is 2.67 bits per heavy atom. The summed E-state index contributed by atoms with van der Waals surface area (Å²) in [5.74, 6) is 1.65. The lowest BCUT2D eigenvalue weighted by Gasteiger charge is -2.16. The molecule has 2 rings (SSSR count). The normalized spacial score (nSPS) is 11.1. The van der Waals surface area contributed by atoms with Crippen molar-refractivity contribution in [3.63, 3.8) is 0 Å². The van der Waals surface area contributed by atoms with Crippen LogP contribution in [0.5, 0.6) is 5.75 Å². The van der Waals surface area contributed by atoms with Crippen molar-refractivity contribution in [3.05, 3.63) is 59.9 Å². The standard InChI is InChI=1S/C22H33N5O2.HI/c1-23-22(25-12-10-20-8-4-5-11-24-20)26-18-19-7-6-9-21(17-19)29-16-14-27(2)13-15-28-3;/h4-9,11,17H,10,12-16,18H2,1-3H3,(H2,23,25,26);1H. The number of aromatic nitrogens is 1. The lowest BCUT2D eigenvalue weighted by Crippen LogP contribution is -2.37. The molecule has 0 aliphatic rings. The van der Waals surface area contributed by atoms with Gasteiger partial charge in [-0.2, -0.15) is 0 Å². The van der Waals surface area contributed by atoms with Crippen molar-refractivity contribution in [2.75, 3.05) is 54.1 Å². The molecule has 8 heteroatoms. The first-order valence-corrected chi connectivity index (χ1v) is 9.95. The second-order valence-corrected chi connectivity index (χ2v) is 6.72. The maximum atomic E-state index is 5.88. The van der Waals surface area contributed by atoms with Crippen molar-refractivity contribution in [2.24, 2.45) is 4.99 Å². The van der Waals surface area contributed by atoms with Gasteiger partial charge in [-0.1, -0.05) is 18.2 Å². The minimum Gasteiger partial charge on any atom is -0.492 e. The lowest BCUT2D eigenvalue weighted by atomic mass is 10.2. The van der Waals surface area contributed by atoms with E-state index in [0.29, 0.717) is 13.2 Å². The van der Waals surface area contributed by atoms with E-state index in [1.54, 1.807) is 14.2 Å². The Morgan fingerprint density at radius 2 is 1.93 bits per heavy atom. The number of halogens is 1. The van der Waals surface area contributed by atoms with E-state index >= 15 is 0 Å². The zero-order valence-corrected chi connectivity index (χ0v) is 20.5. The van der Waals surface area contributed by atoms with Gasteiger partial charge >= 0.3 is 0 Å². The van der Waals surface area contributed by atoms with Crippen LogP contribution in [0.4, 0.5) is 0 Å². The monoisotopic (exact) mass is 527 g/mol. The third-order valence-electron chi connectivity index (χ3n) is 4.40. The van der Waals surface area contributed by atoms with Crippen molar-refractivity contribution in [2.45, 2.75) is 13.0 Å². The lowest BCUT2D eigenvalue weighted by molar-refractivity contribution is 0.150. The van der Waals surface area contributed by atoms with E-state index < -0.39 is 0 Å². The number of methoxy groups -OCH3 is 1. The van der Waals surface area contributed by atoms with E-state index in [4.69, 9.17) is 9.47 Å². The summed E-state index contributed by atoms with van der Waals surface area (Å²) in [5, 5.41) is 6.66. The van der Waals surface area contributed by atoms with Gasteiger partial charge in [0.05, 0.1) is 6.61 Å². The molecule has 1 aromatic heterocycles. The fraction of sp³-hybridized carbons (Fsp3) is 0.455. The summed E-state index contributed by atoms with van der Waals surface area (Å²) >= 11 is 0. The number of benzene rings is 1. The van der Waals surface area contributed by atoms with Gasteiger partial charge in [-0.25, -0.2) is 0 Å². The highest BCUT2D eigenvalue weighted by Gasteiger charge is 2.02. The number of pyridine rings is 1. The van der Waals surface area contributed by atoms with Crippen molar-refractivity contribution in [3.8, 4) is 5.75 Å². The summed E-state index contributed by atoms with van der Waals surface area (Å²) in [6.07, 6.45) is 2.67. The van der Waals surface area contributed by atoms with Gasteiger partial charge < -0.3 is 25.0 Å². The molecule has 166 valence electrons. The molecule has 0 saturated heterocycles. The van der Waals surface area contributed by atoms with Gasteiger partial charge in [0.15, 0.2) is 5.96 Å². The Bertz CT molecular complexity index is 730. The van der Waals surface area contributed by atoms with E-state index in [2.05, 4.69) is 44.7 Å². The number of nitrogens with one attached hydrogen (secondary N) is 2. The molecule has 0 aliphatic heterocycles. The van der Waals surface area contributed by atoms with Crippen LogP contribution in [0.15, 0.2) is 53.7 Å². The second kappa shape index (κ2) is 15.9. The molecule has 30 heavy (non-hydrogen) atoms. The molecule has 2 aromatic rings. The highest BCUT2D eigenvalue weighted by atomic mass is 127. The number of hydrogen-bond acceptors (Lipinski definition) is 5. The Hall–Kier alpha value is -1.91. The molecule has 7 nitrogen and oxygen atoms in total. The van der Waals surface area contributed by atoms with Crippen LogP contribution < -0.4 is 15.4 Å². The van der Waals surface area contributed by atoms with Gasteiger partial charge in [-0.05, 0) is 36.9 Å². The maximum absolute atomic E-state index is 5.88. The number of aliphatic imine (C=N–C) groups is 1. The molecule has 0 spiro atoms. The summed E-state index contributed by atoms with van der Waals surface area (Å²) in [7, 11) is 5.56. The fourth-order valence-electron chi connectivity index (χ4n) is 2.68. The summed E-state index contributed by atoms with van der Waals surface area (Å²) in [6, 6.07) is 14.1. The van der Waals surface area contributed by atoms with Crippen molar-refractivity contribution < 1.29 is 9.47 Å². The van der Waals surface area contributed by atoms with Crippen molar-refractivity contribution >= 4 is 29.9 Å².